The molecular formula is C18H19NO4. The summed E-state index contributed by atoms with van der Waals surface area (Å²) >= 11 is 0. The van der Waals surface area contributed by atoms with Gasteiger partial charge in [-0.1, -0.05) is 18.2 Å². The first-order chi connectivity index (χ1) is 11.1. The van der Waals surface area contributed by atoms with Gasteiger partial charge in [0.1, 0.15) is 5.75 Å². The molecule has 1 amide bonds. The topological polar surface area (TPSA) is 67.8 Å². The van der Waals surface area contributed by atoms with Crippen LogP contribution in [0.5, 0.6) is 17.2 Å². The maximum Gasteiger partial charge on any atom is 0.228 e. The summed E-state index contributed by atoms with van der Waals surface area (Å²) in [4.78, 5) is 11.9. The van der Waals surface area contributed by atoms with Gasteiger partial charge in [-0.15, -0.1) is 0 Å². The zero-order chi connectivity index (χ0) is 16.7. The summed E-state index contributed by atoms with van der Waals surface area (Å²) in [7, 11) is 3.08. The highest BCUT2D eigenvalue weighted by Crippen LogP contribution is 2.26. The Hall–Kier alpha value is -2.95. The largest absolute Gasteiger partial charge is 0.504 e. The van der Waals surface area contributed by atoms with Crippen molar-refractivity contribution in [3.63, 3.8) is 0 Å². The fraction of sp³-hybridized carbons (Fsp3) is 0.167. The molecule has 2 rings (SSSR count). The summed E-state index contributed by atoms with van der Waals surface area (Å²) in [6.07, 6.45) is 3.60. The SMILES string of the molecule is COc1ccc(/C=C/NC(=O)Cc2ccc(O)c(OC)c2)cc1. The number of carbonyl (C=O) groups excluding carboxylic acids is 1. The van der Waals surface area contributed by atoms with E-state index in [4.69, 9.17) is 9.47 Å². The van der Waals surface area contributed by atoms with Crippen LogP contribution in [0.15, 0.2) is 48.7 Å². The van der Waals surface area contributed by atoms with E-state index >= 15 is 0 Å². The fourth-order valence-electron chi connectivity index (χ4n) is 2.01. The van der Waals surface area contributed by atoms with Crippen molar-refractivity contribution in [1.82, 2.24) is 5.32 Å². The maximum absolute atomic E-state index is 11.9. The molecule has 5 heteroatoms. The zero-order valence-corrected chi connectivity index (χ0v) is 13.1. The number of hydrogen-bond donors (Lipinski definition) is 2. The third kappa shape index (κ3) is 4.78. The molecule has 0 aliphatic carbocycles. The van der Waals surface area contributed by atoms with Gasteiger partial charge in [0.05, 0.1) is 20.6 Å². The minimum absolute atomic E-state index is 0.0519. The van der Waals surface area contributed by atoms with Gasteiger partial charge in [-0.2, -0.15) is 0 Å². The van der Waals surface area contributed by atoms with E-state index in [1.54, 1.807) is 31.5 Å². The molecule has 2 aromatic rings. The van der Waals surface area contributed by atoms with Crippen molar-refractivity contribution in [3.8, 4) is 17.2 Å². The Morgan fingerprint density at radius 2 is 1.87 bits per heavy atom. The van der Waals surface area contributed by atoms with Crippen LogP contribution < -0.4 is 14.8 Å². The maximum atomic E-state index is 11.9. The van der Waals surface area contributed by atoms with Crippen LogP contribution in [0.4, 0.5) is 0 Å². The highest BCUT2D eigenvalue weighted by molar-refractivity contribution is 5.80. The van der Waals surface area contributed by atoms with Gasteiger partial charge in [0.15, 0.2) is 11.5 Å². The van der Waals surface area contributed by atoms with Crippen molar-refractivity contribution in [2.24, 2.45) is 0 Å². The van der Waals surface area contributed by atoms with Gasteiger partial charge < -0.3 is 19.9 Å². The standard InChI is InChI=1S/C18H19NO4/c1-22-15-6-3-13(4-7-15)9-10-19-18(21)12-14-5-8-16(20)17(11-14)23-2/h3-11,20H,12H2,1-2H3,(H,19,21)/b10-9+. The van der Waals surface area contributed by atoms with Gasteiger partial charge in [-0.05, 0) is 41.5 Å². The van der Waals surface area contributed by atoms with Gasteiger partial charge in [-0.25, -0.2) is 0 Å². The van der Waals surface area contributed by atoms with Crippen molar-refractivity contribution in [2.75, 3.05) is 14.2 Å². The number of benzene rings is 2. The first-order valence-electron chi connectivity index (χ1n) is 7.08. The van der Waals surface area contributed by atoms with Crippen molar-refractivity contribution in [2.45, 2.75) is 6.42 Å². The Balaban J connectivity index is 1.90. The molecule has 2 N–H and O–H groups in total. The molecule has 0 aliphatic rings. The minimum atomic E-state index is -0.150. The van der Waals surface area contributed by atoms with Crippen LogP contribution in [0.2, 0.25) is 0 Å². The summed E-state index contributed by atoms with van der Waals surface area (Å²) in [6, 6.07) is 12.3. The van der Waals surface area contributed by atoms with E-state index in [1.807, 2.05) is 24.3 Å². The molecule has 0 aliphatic heterocycles. The predicted octanol–water partition coefficient (Wildman–Crippen LogP) is 2.74. The van der Waals surface area contributed by atoms with E-state index in [2.05, 4.69) is 5.32 Å². The normalized spacial score (nSPS) is 10.5. The number of nitrogens with one attached hydrogen (secondary N) is 1. The Kier molecular flexibility index (Phi) is 5.63. The summed E-state index contributed by atoms with van der Waals surface area (Å²) in [5, 5.41) is 12.2. The minimum Gasteiger partial charge on any atom is -0.504 e. The average Bonchev–Trinajstić information content (AvgIpc) is 2.57. The third-order valence-corrected chi connectivity index (χ3v) is 3.24. The molecule has 0 aromatic heterocycles. The number of ether oxygens (including phenoxy) is 2. The van der Waals surface area contributed by atoms with Crippen LogP contribution in [0.25, 0.3) is 6.08 Å². The molecule has 5 nitrogen and oxygen atoms in total. The molecule has 0 unspecified atom stereocenters. The van der Waals surface area contributed by atoms with E-state index in [-0.39, 0.29) is 18.1 Å². The summed E-state index contributed by atoms with van der Waals surface area (Å²) in [5.74, 6) is 1.04. The van der Waals surface area contributed by atoms with E-state index < -0.39 is 0 Å². The monoisotopic (exact) mass is 313 g/mol. The molecule has 0 atom stereocenters. The molecule has 0 fully saturated rings. The molecule has 0 bridgehead atoms. The zero-order valence-electron chi connectivity index (χ0n) is 13.1. The van der Waals surface area contributed by atoms with Gasteiger partial charge in [-0.3, -0.25) is 4.79 Å². The lowest BCUT2D eigenvalue weighted by molar-refractivity contribution is -0.119. The lowest BCUT2D eigenvalue weighted by atomic mass is 10.1. The summed E-state index contributed by atoms with van der Waals surface area (Å²) in [5.41, 5.74) is 1.72. The van der Waals surface area contributed by atoms with Crippen LogP contribution in [0.1, 0.15) is 11.1 Å². The van der Waals surface area contributed by atoms with Crippen LogP contribution in [-0.4, -0.2) is 25.2 Å². The molecule has 2 aromatic carbocycles. The van der Waals surface area contributed by atoms with Crippen molar-refractivity contribution < 1.29 is 19.4 Å². The summed E-state index contributed by atoms with van der Waals surface area (Å²) in [6.45, 7) is 0. The Labute approximate surface area is 135 Å². The number of hydrogen-bond acceptors (Lipinski definition) is 4. The quantitative estimate of drug-likeness (QED) is 0.860. The molecular weight excluding hydrogens is 294 g/mol. The Morgan fingerprint density at radius 1 is 1.13 bits per heavy atom. The van der Waals surface area contributed by atoms with E-state index in [1.165, 1.54) is 13.2 Å². The second-order valence-corrected chi connectivity index (χ2v) is 4.86. The number of rotatable bonds is 6. The van der Waals surface area contributed by atoms with Crippen molar-refractivity contribution in [1.29, 1.82) is 0 Å². The first kappa shape index (κ1) is 16.4. The van der Waals surface area contributed by atoms with Crippen LogP contribution in [0.3, 0.4) is 0 Å². The lowest BCUT2D eigenvalue weighted by Gasteiger charge is -2.06. The molecule has 0 saturated carbocycles. The second kappa shape index (κ2) is 7.89. The molecule has 0 saturated heterocycles. The molecule has 23 heavy (non-hydrogen) atoms. The Bertz CT molecular complexity index is 693. The van der Waals surface area contributed by atoms with E-state index in [0.29, 0.717) is 5.75 Å². The number of amides is 1. The number of methoxy groups -OCH3 is 2. The first-order valence-corrected chi connectivity index (χ1v) is 7.08. The smallest absolute Gasteiger partial charge is 0.228 e. The van der Waals surface area contributed by atoms with Crippen molar-refractivity contribution in [3.05, 3.63) is 59.8 Å². The fourth-order valence-corrected chi connectivity index (χ4v) is 2.01. The summed E-state index contributed by atoms with van der Waals surface area (Å²) < 4.78 is 10.1. The Morgan fingerprint density at radius 3 is 2.52 bits per heavy atom. The average molecular weight is 313 g/mol. The highest BCUT2D eigenvalue weighted by Gasteiger charge is 2.06. The lowest BCUT2D eigenvalue weighted by Crippen LogP contribution is -2.19. The van der Waals surface area contributed by atoms with Gasteiger partial charge in [0.2, 0.25) is 5.91 Å². The van der Waals surface area contributed by atoms with Crippen LogP contribution in [0, 0.1) is 0 Å². The third-order valence-electron chi connectivity index (χ3n) is 3.24. The van der Waals surface area contributed by atoms with Gasteiger partial charge in [0, 0.05) is 6.20 Å². The number of carbonyl (C=O) groups is 1. The van der Waals surface area contributed by atoms with Crippen molar-refractivity contribution >= 4 is 12.0 Å². The van der Waals surface area contributed by atoms with Gasteiger partial charge in [0.25, 0.3) is 0 Å². The number of phenols is 1. The van der Waals surface area contributed by atoms with Crippen LogP contribution >= 0.6 is 0 Å². The van der Waals surface area contributed by atoms with E-state index in [0.717, 1.165) is 16.9 Å². The van der Waals surface area contributed by atoms with Crippen LogP contribution in [-0.2, 0) is 11.2 Å². The highest BCUT2D eigenvalue weighted by atomic mass is 16.5. The molecule has 0 spiro atoms. The number of aromatic hydroxyl groups is 1. The van der Waals surface area contributed by atoms with E-state index in [9.17, 15) is 9.90 Å². The molecule has 0 heterocycles. The van der Waals surface area contributed by atoms with Gasteiger partial charge >= 0.3 is 0 Å². The molecule has 0 radical (unpaired) electrons. The predicted molar refractivity (Wildman–Crippen MR) is 88.5 cm³/mol. The number of phenolic OH excluding ortho intramolecular Hbond substituents is 1. The second-order valence-electron chi connectivity index (χ2n) is 4.86. The molecule has 120 valence electrons.